The summed E-state index contributed by atoms with van der Waals surface area (Å²) in [6, 6.07) is 1.72. The Kier molecular flexibility index (Phi) is 4.99. The van der Waals surface area contributed by atoms with Gasteiger partial charge in [0.05, 0.1) is 12.1 Å². The molecule has 1 aliphatic rings. The van der Waals surface area contributed by atoms with Crippen LogP contribution in [-0.2, 0) is 11.3 Å². The van der Waals surface area contributed by atoms with E-state index in [0.29, 0.717) is 23.8 Å². The number of nitrogens with zero attached hydrogens (tertiary/aromatic N) is 1. The second kappa shape index (κ2) is 6.73. The van der Waals surface area contributed by atoms with E-state index in [9.17, 15) is 4.79 Å². The van der Waals surface area contributed by atoms with Crippen LogP contribution in [0.5, 0.6) is 0 Å². The minimum atomic E-state index is -0.00416. The van der Waals surface area contributed by atoms with Crippen LogP contribution in [0, 0.1) is 5.92 Å². The third kappa shape index (κ3) is 3.81. The molecule has 5 heteroatoms. The summed E-state index contributed by atoms with van der Waals surface area (Å²) < 4.78 is 10.5. The molecule has 0 aromatic carbocycles. The Hall–Kier alpha value is -1.33. The van der Waals surface area contributed by atoms with Crippen molar-refractivity contribution in [2.45, 2.75) is 25.8 Å². The number of carbonyl (C=O) groups is 1. The van der Waals surface area contributed by atoms with E-state index in [0.717, 1.165) is 39.0 Å². The topological polar surface area (TPSA) is 68.7 Å². The van der Waals surface area contributed by atoms with Gasteiger partial charge in [-0.1, -0.05) is 0 Å². The Bertz CT molecular complexity index is 411. The number of furan rings is 1. The van der Waals surface area contributed by atoms with E-state index in [-0.39, 0.29) is 5.91 Å². The lowest BCUT2D eigenvalue weighted by Crippen LogP contribution is -2.29. The summed E-state index contributed by atoms with van der Waals surface area (Å²) in [5, 5.41) is 0. The molecule has 5 nitrogen and oxygen atoms in total. The molecule has 0 unspecified atom stereocenters. The predicted octanol–water partition coefficient (Wildman–Crippen LogP) is 1.63. The molecule has 2 N–H and O–H groups in total. The fourth-order valence-corrected chi connectivity index (χ4v) is 2.33. The lowest BCUT2D eigenvalue weighted by atomic mass is 9.96. The molecule has 1 fully saturated rings. The van der Waals surface area contributed by atoms with Crippen LogP contribution in [0.3, 0.4) is 0 Å². The maximum absolute atomic E-state index is 12.1. The van der Waals surface area contributed by atoms with Crippen LogP contribution in [0.25, 0.3) is 0 Å². The first-order valence-corrected chi connectivity index (χ1v) is 6.81. The molecule has 0 atom stereocenters. The normalized spacial score (nSPS) is 16.5. The van der Waals surface area contributed by atoms with E-state index in [1.165, 1.54) is 6.26 Å². The molecular weight excluding hydrogens is 244 g/mol. The lowest BCUT2D eigenvalue weighted by Gasteiger charge is -2.24. The molecule has 1 amide bonds. The summed E-state index contributed by atoms with van der Waals surface area (Å²) in [6.45, 7) is 2.79. The standard InChI is InChI=1S/C14H22N2O3/c1-16(5-2-11-3-6-18-7-4-11)14(17)12-8-13(9-15)19-10-12/h8,10-11H,2-7,9,15H2,1H3. The van der Waals surface area contributed by atoms with Gasteiger partial charge in [-0.2, -0.15) is 0 Å². The Morgan fingerprint density at radius 1 is 1.47 bits per heavy atom. The summed E-state index contributed by atoms with van der Waals surface area (Å²) >= 11 is 0. The van der Waals surface area contributed by atoms with Crippen molar-refractivity contribution < 1.29 is 13.9 Å². The van der Waals surface area contributed by atoms with Crippen LogP contribution in [0.2, 0.25) is 0 Å². The maximum atomic E-state index is 12.1. The van der Waals surface area contributed by atoms with Crippen LogP contribution in [-0.4, -0.2) is 37.6 Å². The zero-order valence-electron chi connectivity index (χ0n) is 11.4. The Morgan fingerprint density at radius 3 is 2.84 bits per heavy atom. The van der Waals surface area contributed by atoms with Gasteiger partial charge in [0.15, 0.2) is 0 Å². The minimum Gasteiger partial charge on any atom is -0.467 e. The summed E-state index contributed by atoms with van der Waals surface area (Å²) in [7, 11) is 1.83. The second-order valence-corrected chi connectivity index (χ2v) is 5.08. The highest BCUT2D eigenvalue weighted by molar-refractivity contribution is 5.93. The number of rotatable bonds is 5. The highest BCUT2D eigenvalue weighted by atomic mass is 16.5. The largest absolute Gasteiger partial charge is 0.467 e. The van der Waals surface area contributed by atoms with Gasteiger partial charge < -0.3 is 19.8 Å². The van der Waals surface area contributed by atoms with Crippen LogP contribution >= 0.6 is 0 Å². The molecule has 0 bridgehead atoms. The number of hydrogen-bond acceptors (Lipinski definition) is 4. The highest BCUT2D eigenvalue weighted by Crippen LogP contribution is 2.19. The van der Waals surface area contributed by atoms with Crippen molar-refractivity contribution >= 4 is 5.91 Å². The second-order valence-electron chi connectivity index (χ2n) is 5.08. The number of nitrogens with two attached hydrogens (primary N) is 1. The van der Waals surface area contributed by atoms with Crippen LogP contribution in [0.4, 0.5) is 0 Å². The quantitative estimate of drug-likeness (QED) is 0.879. The summed E-state index contributed by atoms with van der Waals surface area (Å²) in [4.78, 5) is 13.9. The van der Waals surface area contributed by atoms with Gasteiger partial charge >= 0.3 is 0 Å². The molecule has 1 saturated heterocycles. The summed E-state index contributed by atoms with van der Waals surface area (Å²) in [5.41, 5.74) is 6.04. The average molecular weight is 266 g/mol. The molecule has 0 spiro atoms. The molecule has 1 aromatic heterocycles. The first-order chi connectivity index (χ1) is 9.20. The first kappa shape index (κ1) is 14.1. The molecule has 2 heterocycles. The third-order valence-electron chi connectivity index (χ3n) is 3.66. The van der Waals surface area contributed by atoms with Crippen molar-refractivity contribution in [3.8, 4) is 0 Å². The van der Waals surface area contributed by atoms with E-state index in [2.05, 4.69) is 0 Å². The summed E-state index contributed by atoms with van der Waals surface area (Å²) in [5.74, 6) is 1.31. The van der Waals surface area contributed by atoms with Crippen molar-refractivity contribution in [1.82, 2.24) is 4.90 Å². The van der Waals surface area contributed by atoms with Crippen molar-refractivity contribution in [3.63, 3.8) is 0 Å². The number of hydrogen-bond donors (Lipinski definition) is 1. The first-order valence-electron chi connectivity index (χ1n) is 6.81. The molecule has 106 valence electrons. The molecule has 2 rings (SSSR count). The predicted molar refractivity (Wildman–Crippen MR) is 71.7 cm³/mol. The van der Waals surface area contributed by atoms with E-state index in [1.54, 1.807) is 11.0 Å². The highest BCUT2D eigenvalue weighted by Gasteiger charge is 2.18. The van der Waals surface area contributed by atoms with Crippen LogP contribution in [0.15, 0.2) is 16.7 Å². The van der Waals surface area contributed by atoms with Gasteiger partial charge in [-0.3, -0.25) is 4.79 Å². The monoisotopic (exact) mass is 266 g/mol. The fourth-order valence-electron chi connectivity index (χ4n) is 2.33. The van der Waals surface area contributed by atoms with Gasteiger partial charge in [-0.25, -0.2) is 0 Å². The van der Waals surface area contributed by atoms with E-state index >= 15 is 0 Å². The van der Waals surface area contributed by atoms with Crippen LogP contribution in [0.1, 0.15) is 35.4 Å². The van der Waals surface area contributed by atoms with Gasteiger partial charge in [0.2, 0.25) is 0 Å². The molecule has 0 aliphatic carbocycles. The lowest BCUT2D eigenvalue weighted by molar-refractivity contribution is 0.0583. The average Bonchev–Trinajstić information content (AvgIpc) is 2.94. The van der Waals surface area contributed by atoms with Crippen molar-refractivity contribution in [2.24, 2.45) is 11.7 Å². The number of amides is 1. The maximum Gasteiger partial charge on any atom is 0.256 e. The van der Waals surface area contributed by atoms with Gasteiger partial charge in [0.1, 0.15) is 12.0 Å². The molecule has 1 aliphatic heterocycles. The molecule has 1 aromatic rings. The van der Waals surface area contributed by atoms with Gasteiger partial charge in [0.25, 0.3) is 5.91 Å². The molecule has 0 saturated carbocycles. The minimum absolute atomic E-state index is 0.00416. The molecule has 19 heavy (non-hydrogen) atoms. The zero-order chi connectivity index (χ0) is 13.7. The van der Waals surface area contributed by atoms with Crippen molar-refractivity contribution in [3.05, 3.63) is 23.7 Å². The van der Waals surface area contributed by atoms with E-state index in [1.807, 2.05) is 7.05 Å². The number of carbonyl (C=O) groups excluding carboxylic acids is 1. The smallest absolute Gasteiger partial charge is 0.256 e. The van der Waals surface area contributed by atoms with Gasteiger partial charge in [-0.15, -0.1) is 0 Å². The summed E-state index contributed by atoms with van der Waals surface area (Å²) in [6.07, 6.45) is 4.72. The van der Waals surface area contributed by atoms with Gasteiger partial charge in [0, 0.05) is 26.8 Å². The van der Waals surface area contributed by atoms with Crippen molar-refractivity contribution in [2.75, 3.05) is 26.8 Å². The van der Waals surface area contributed by atoms with Gasteiger partial charge in [-0.05, 0) is 31.2 Å². The molecule has 0 radical (unpaired) electrons. The Labute approximate surface area is 113 Å². The zero-order valence-corrected chi connectivity index (χ0v) is 11.4. The Balaban J connectivity index is 1.81. The van der Waals surface area contributed by atoms with Crippen LogP contribution < -0.4 is 5.73 Å². The number of ether oxygens (including phenoxy) is 1. The van der Waals surface area contributed by atoms with Crippen molar-refractivity contribution in [1.29, 1.82) is 0 Å². The molecular formula is C14H22N2O3. The Morgan fingerprint density at radius 2 is 2.21 bits per heavy atom. The third-order valence-corrected chi connectivity index (χ3v) is 3.66. The van der Waals surface area contributed by atoms with E-state index in [4.69, 9.17) is 14.9 Å². The fraction of sp³-hybridized carbons (Fsp3) is 0.643. The van der Waals surface area contributed by atoms with E-state index < -0.39 is 0 Å². The SMILES string of the molecule is CN(CCC1CCOCC1)C(=O)c1coc(CN)c1.